The molecule has 0 unspecified atom stereocenters. The van der Waals surface area contributed by atoms with E-state index in [1.54, 1.807) is 7.11 Å². The molecule has 3 heterocycles. The molecule has 2 aromatic rings. The Kier molecular flexibility index (Phi) is 6.68. The number of carbonyl (C=O) groups excluding carboxylic acids is 1. The molecule has 164 valence electrons. The highest BCUT2D eigenvalue weighted by atomic mass is 16.5. The van der Waals surface area contributed by atoms with Gasteiger partial charge in [0.05, 0.1) is 11.7 Å². The van der Waals surface area contributed by atoms with Crippen LogP contribution >= 0.6 is 0 Å². The lowest BCUT2D eigenvalue weighted by Gasteiger charge is -2.33. The Morgan fingerprint density at radius 2 is 2.17 bits per heavy atom. The average molecular weight is 415 g/mol. The predicted molar refractivity (Wildman–Crippen MR) is 115 cm³/mol. The molecule has 0 aromatic carbocycles. The minimum atomic E-state index is -0.294. The van der Waals surface area contributed by atoms with Crippen LogP contribution < -0.4 is 0 Å². The Labute approximate surface area is 178 Å². The SMILES string of the molecule is COCCCCn1cc([C@@H](C)N(C(=O)[C@H]2CCCCO2)C2CC2)c2ncc(C)nc21. The molecular weight excluding hydrogens is 380 g/mol. The van der Waals surface area contributed by atoms with Crippen LogP contribution in [0.2, 0.25) is 0 Å². The van der Waals surface area contributed by atoms with Crippen LogP contribution in [0, 0.1) is 6.92 Å². The van der Waals surface area contributed by atoms with Crippen LogP contribution in [0.5, 0.6) is 0 Å². The molecule has 7 nitrogen and oxygen atoms in total. The third-order valence-electron chi connectivity index (χ3n) is 6.23. The normalized spacial score (nSPS) is 20.4. The number of rotatable bonds is 9. The van der Waals surface area contributed by atoms with Crippen molar-refractivity contribution in [3.05, 3.63) is 23.7 Å². The van der Waals surface area contributed by atoms with Gasteiger partial charge in [-0.05, 0) is 58.8 Å². The van der Waals surface area contributed by atoms with Gasteiger partial charge < -0.3 is 18.9 Å². The van der Waals surface area contributed by atoms with Crippen molar-refractivity contribution >= 4 is 17.1 Å². The number of aryl methyl sites for hydroxylation is 2. The van der Waals surface area contributed by atoms with Crippen LogP contribution in [0.1, 0.15) is 69.2 Å². The molecule has 7 heteroatoms. The number of ether oxygens (including phenoxy) is 2. The number of hydrogen-bond acceptors (Lipinski definition) is 5. The fourth-order valence-corrected chi connectivity index (χ4v) is 4.45. The standard InChI is InChI=1S/C23H34N4O3/c1-16-14-24-21-19(15-26(22(21)25-16)11-5-7-12-29-3)17(2)27(18-9-10-18)23(28)20-8-4-6-13-30-20/h14-15,17-18,20H,4-13H2,1-3H3/t17-,20-/m1/s1. The molecule has 2 atom stereocenters. The number of carbonyl (C=O) groups is 1. The molecule has 1 aliphatic carbocycles. The number of hydrogen-bond donors (Lipinski definition) is 0. The molecule has 1 saturated heterocycles. The Bertz CT molecular complexity index is 871. The molecular formula is C23H34N4O3. The maximum Gasteiger partial charge on any atom is 0.252 e. The van der Waals surface area contributed by atoms with E-state index in [4.69, 9.17) is 19.4 Å². The molecule has 2 aliphatic rings. The highest BCUT2D eigenvalue weighted by Gasteiger charge is 2.40. The fraction of sp³-hybridized carbons (Fsp3) is 0.696. The quantitative estimate of drug-likeness (QED) is 0.584. The molecule has 1 amide bonds. The second-order valence-electron chi connectivity index (χ2n) is 8.67. The summed E-state index contributed by atoms with van der Waals surface area (Å²) in [5.41, 5.74) is 3.80. The van der Waals surface area contributed by atoms with E-state index in [-0.39, 0.29) is 18.1 Å². The van der Waals surface area contributed by atoms with Gasteiger partial charge in [0, 0.05) is 50.9 Å². The smallest absolute Gasteiger partial charge is 0.252 e. The summed E-state index contributed by atoms with van der Waals surface area (Å²) in [6.45, 7) is 6.42. The number of unbranched alkanes of at least 4 members (excludes halogenated alkanes) is 1. The number of methoxy groups -OCH3 is 1. The molecule has 2 fully saturated rings. The second-order valence-corrected chi connectivity index (χ2v) is 8.67. The van der Waals surface area contributed by atoms with Gasteiger partial charge in [-0.15, -0.1) is 0 Å². The van der Waals surface area contributed by atoms with Gasteiger partial charge in [-0.3, -0.25) is 9.78 Å². The zero-order valence-corrected chi connectivity index (χ0v) is 18.5. The van der Waals surface area contributed by atoms with Crippen molar-refractivity contribution in [3.8, 4) is 0 Å². The van der Waals surface area contributed by atoms with E-state index >= 15 is 0 Å². The Balaban J connectivity index is 1.62. The number of amides is 1. The van der Waals surface area contributed by atoms with Crippen molar-refractivity contribution in [2.24, 2.45) is 0 Å². The molecule has 0 radical (unpaired) electrons. The van der Waals surface area contributed by atoms with Crippen molar-refractivity contribution in [3.63, 3.8) is 0 Å². The third kappa shape index (κ3) is 4.52. The van der Waals surface area contributed by atoms with E-state index in [9.17, 15) is 4.79 Å². The summed E-state index contributed by atoms with van der Waals surface area (Å²) in [4.78, 5) is 24.9. The summed E-state index contributed by atoms with van der Waals surface area (Å²) in [7, 11) is 1.74. The summed E-state index contributed by atoms with van der Waals surface area (Å²) in [5.74, 6) is 0.144. The second kappa shape index (κ2) is 9.43. The van der Waals surface area contributed by atoms with Crippen LogP contribution in [0.25, 0.3) is 11.2 Å². The topological polar surface area (TPSA) is 69.5 Å². The molecule has 2 aromatic heterocycles. The van der Waals surface area contributed by atoms with Crippen molar-refractivity contribution in [2.45, 2.75) is 83.5 Å². The maximum atomic E-state index is 13.4. The summed E-state index contributed by atoms with van der Waals surface area (Å²) in [6.07, 6.45) is 10.8. The third-order valence-corrected chi connectivity index (χ3v) is 6.23. The Morgan fingerprint density at radius 1 is 1.33 bits per heavy atom. The molecule has 4 rings (SSSR count). The first-order valence-electron chi connectivity index (χ1n) is 11.3. The number of nitrogens with zero attached hydrogens (tertiary/aromatic N) is 4. The van der Waals surface area contributed by atoms with Gasteiger partial charge >= 0.3 is 0 Å². The van der Waals surface area contributed by atoms with Gasteiger partial charge in [-0.2, -0.15) is 0 Å². The first-order valence-corrected chi connectivity index (χ1v) is 11.3. The van der Waals surface area contributed by atoms with Crippen LogP contribution in [0.3, 0.4) is 0 Å². The lowest BCUT2D eigenvalue weighted by Crippen LogP contribution is -2.44. The van der Waals surface area contributed by atoms with Crippen LogP contribution in [-0.2, 0) is 20.8 Å². The molecule has 1 saturated carbocycles. The molecule has 0 N–H and O–H groups in total. The molecule has 1 aliphatic heterocycles. The maximum absolute atomic E-state index is 13.4. The van der Waals surface area contributed by atoms with E-state index in [2.05, 4.69) is 22.6 Å². The minimum absolute atomic E-state index is 0.0461. The van der Waals surface area contributed by atoms with E-state index in [1.807, 2.05) is 13.1 Å². The first kappa shape index (κ1) is 21.2. The largest absolute Gasteiger partial charge is 0.385 e. The lowest BCUT2D eigenvalue weighted by atomic mass is 10.0. The monoisotopic (exact) mass is 414 g/mol. The van der Waals surface area contributed by atoms with E-state index < -0.39 is 0 Å². The highest BCUT2D eigenvalue weighted by Crippen LogP contribution is 2.38. The van der Waals surface area contributed by atoms with Crippen LogP contribution in [-0.4, -0.2) is 57.8 Å². The van der Waals surface area contributed by atoms with E-state index in [0.29, 0.717) is 12.6 Å². The number of aromatic nitrogens is 3. The molecule has 0 spiro atoms. The van der Waals surface area contributed by atoms with Gasteiger partial charge in [-0.1, -0.05) is 0 Å². The summed E-state index contributed by atoms with van der Waals surface area (Å²) in [5, 5.41) is 0. The van der Waals surface area contributed by atoms with Crippen molar-refractivity contribution < 1.29 is 14.3 Å². The van der Waals surface area contributed by atoms with Gasteiger partial charge in [0.15, 0.2) is 5.65 Å². The van der Waals surface area contributed by atoms with Gasteiger partial charge in [-0.25, -0.2) is 4.98 Å². The average Bonchev–Trinajstić information content (AvgIpc) is 3.53. The van der Waals surface area contributed by atoms with Crippen molar-refractivity contribution in [1.82, 2.24) is 19.4 Å². The van der Waals surface area contributed by atoms with Gasteiger partial charge in [0.2, 0.25) is 0 Å². The summed E-state index contributed by atoms with van der Waals surface area (Å²) >= 11 is 0. The molecule has 0 bridgehead atoms. The van der Waals surface area contributed by atoms with Crippen LogP contribution in [0.15, 0.2) is 12.4 Å². The van der Waals surface area contributed by atoms with Gasteiger partial charge in [0.1, 0.15) is 11.6 Å². The lowest BCUT2D eigenvalue weighted by molar-refractivity contribution is -0.149. The van der Waals surface area contributed by atoms with Crippen molar-refractivity contribution in [2.75, 3.05) is 20.3 Å². The van der Waals surface area contributed by atoms with Crippen molar-refractivity contribution in [1.29, 1.82) is 0 Å². The Hall–Kier alpha value is -1.99. The van der Waals surface area contributed by atoms with E-state index in [0.717, 1.165) is 80.5 Å². The zero-order valence-electron chi connectivity index (χ0n) is 18.5. The van der Waals surface area contributed by atoms with Crippen LogP contribution in [0.4, 0.5) is 0 Å². The summed E-state index contributed by atoms with van der Waals surface area (Å²) < 4.78 is 13.2. The minimum Gasteiger partial charge on any atom is -0.385 e. The number of fused-ring (bicyclic) bond motifs is 1. The first-order chi connectivity index (χ1) is 14.6. The van der Waals surface area contributed by atoms with E-state index in [1.165, 1.54) is 0 Å². The van der Waals surface area contributed by atoms with Gasteiger partial charge in [0.25, 0.3) is 5.91 Å². The zero-order chi connectivity index (χ0) is 21.1. The fourth-order valence-electron chi connectivity index (χ4n) is 4.45. The summed E-state index contributed by atoms with van der Waals surface area (Å²) in [6, 6.07) is 0.270. The highest BCUT2D eigenvalue weighted by molar-refractivity contribution is 5.83. The Morgan fingerprint density at radius 3 is 2.87 bits per heavy atom. The predicted octanol–water partition coefficient (Wildman–Crippen LogP) is 3.79. The molecule has 30 heavy (non-hydrogen) atoms.